The third kappa shape index (κ3) is 4.52. The molecule has 0 amide bonds. The van der Waals surface area contributed by atoms with Crippen molar-refractivity contribution in [2.45, 2.75) is 38.7 Å². The van der Waals surface area contributed by atoms with Crippen LogP contribution in [0.2, 0.25) is 0 Å². The van der Waals surface area contributed by atoms with Crippen LogP contribution in [0.4, 0.5) is 4.39 Å². The molecule has 134 valence electrons. The Morgan fingerprint density at radius 1 is 1.42 bits per heavy atom. The van der Waals surface area contributed by atoms with Crippen LogP contribution in [0.15, 0.2) is 29.3 Å². The highest BCUT2D eigenvalue weighted by Gasteiger charge is 2.43. The molecule has 1 unspecified atom stereocenters. The highest BCUT2D eigenvalue weighted by molar-refractivity contribution is 14.0. The highest BCUT2D eigenvalue weighted by atomic mass is 127. The molecule has 1 aliphatic heterocycles. The average molecular weight is 447 g/mol. The van der Waals surface area contributed by atoms with E-state index in [2.05, 4.69) is 15.2 Å². The molecule has 1 N–H and O–H groups in total. The second-order valence-electron chi connectivity index (χ2n) is 6.84. The van der Waals surface area contributed by atoms with Crippen molar-refractivity contribution in [3.8, 4) is 5.75 Å². The summed E-state index contributed by atoms with van der Waals surface area (Å²) in [5.74, 6) is 1.23. The third-order valence-electron chi connectivity index (χ3n) is 5.04. The quantitative estimate of drug-likeness (QED) is 0.435. The van der Waals surface area contributed by atoms with Gasteiger partial charge in [0.15, 0.2) is 5.96 Å². The van der Waals surface area contributed by atoms with Gasteiger partial charge in [0.25, 0.3) is 0 Å². The first-order valence-corrected chi connectivity index (χ1v) is 8.48. The summed E-state index contributed by atoms with van der Waals surface area (Å²) in [4.78, 5) is 6.76. The molecule has 24 heavy (non-hydrogen) atoms. The maximum atomic E-state index is 13.2. The van der Waals surface area contributed by atoms with E-state index in [0.717, 1.165) is 19.0 Å². The number of guanidine groups is 1. The molecule has 0 aromatic heterocycles. The van der Waals surface area contributed by atoms with E-state index >= 15 is 0 Å². The van der Waals surface area contributed by atoms with Crippen molar-refractivity contribution < 1.29 is 9.13 Å². The Kier molecular flexibility index (Phi) is 6.71. The largest absolute Gasteiger partial charge is 0.489 e. The molecule has 1 aromatic carbocycles. The minimum absolute atomic E-state index is 0. The van der Waals surface area contributed by atoms with Crippen LogP contribution in [0.25, 0.3) is 0 Å². The number of hydrogen-bond donors (Lipinski definition) is 1. The minimum atomic E-state index is -0.277. The number of halogens is 2. The fraction of sp³-hybridized carbons (Fsp3) is 0.611. The first-order chi connectivity index (χ1) is 11.1. The van der Waals surface area contributed by atoms with Crippen LogP contribution in [0, 0.1) is 11.2 Å². The molecule has 2 aliphatic rings. The van der Waals surface area contributed by atoms with E-state index in [0.29, 0.717) is 17.7 Å². The predicted molar refractivity (Wildman–Crippen MR) is 106 cm³/mol. The molecule has 1 heterocycles. The number of nitrogens with one attached hydrogen (secondary N) is 1. The van der Waals surface area contributed by atoms with Gasteiger partial charge in [0.2, 0.25) is 0 Å². The molecule has 0 bridgehead atoms. The predicted octanol–water partition coefficient (Wildman–Crippen LogP) is 3.66. The Hall–Kier alpha value is -1.05. The van der Waals surface area contributed by atoms with Crippen molar-refractivity contribution in [1.29, 1.82) is 0 Å². The van der Waals surface area contributed by atoms with Crippen molar-refractivity contribution in [1.82, 2.24) is 10.2 Å². The standard InChI is InChI=1S/C18H26FN3O.HI/c1-14(23-16-6-3-5-15(19)11-16)12-21-17(20-2)22-10-9-18(13-22)7-4-8-18;/h3,5-6,11,14H,4,7-10,12-13H2,1-2H3,(H,20,21);1H. The Morgan fingerprint density at radius 2 is 2.21 bits per heavy atom. The maximum absolute atomic E-state index is 13.2. The molecule has 3 rings (SSSR count). The molecule has 2 fully saturated rings. The van der Waals surface area contributed by atoms with E-state index in [1.165, 1.54) is 37.8 Å². The van der Waals surface area contributed by atoms with E-state index < -0.39 is 0 Å². The van der Waals surface area contributed by atoms with Gasteiger partial charge in [0, 0.05) is 26.2 Å². The Bertz CT molecular complexity index is 577. The van der Waals surface area contributed by atoms with Crippen LogP contribution < -0.4 is 10.1 Å². The molecule has 1 spiro atoms. The summed E-state index contributed by atoms with van der Waals surface area (Å²) in [6.45, 7) is 4.82. The van der Waals surface area contributed by atoms with Gasteiger partial charge in [-0.2, -0.15) is 0 Å². The van der Waals surface area contributed by atoms with Crippen molar-refractivity contribution in [2.24, 2.45) is 10.4 Å². The molecule has 4 nitrogen and oxygen atoms in total. The second-order valence-corrected chi connectivity index (χ2v) is 6.84. The van der Waals surface area contributed by atoms with Crippen LogP contribution >= 0.6 is 24.0 Å². The molecular weight excluding hydrogens is 420 g/mol. The van der Waals surface area contributed by atoms with Crippen LogP contribution in [0.5, 0.6) is 5.75 Å². The zero-order valence-electron chi connectivity index (χ0n) is 14.4. The molecule has 1 saturated heterocycles. The number of rotatable bonds is 4. The number of likely N-dealkylation sites (tertiary alicyclic amines) is 1. The summed E-state index contributed by atoms with van der Waals surface area (Å²) in [6.07, 6.45) is 5.31. The fourth-order valence-electron chi connectivity index (χ4n) is 3.58. The Labute approximate surface area is 160 Å². The lowest BCUT2D eigenvalue weighted by atomic mass is 9.68. The monoisotopic (exact) mass is 447 g/mol. The number of hydrogen-bond acceptors (Lipinski definition) is 2. The molecule has 6 heteroatoms. The lowest BCUT2D eigenvalue weighted by Crippen LogP contribution is -2.45. The van der Waals surface area contributed by atoms with Gasteiger partial charge in [-0.15, -0.1) is 24.0 Å². The van der Waals surface area contributed by atoms with Gasteiger partial charge in [-0.3, -0.25) is 4.99 Å². The molecule has 1 saturated carbocycles. The zero-order chi connectivity index (χ0) is 16.3. The van der Waals surface area contributed by atoms with Gasteiger partial charge < -0.3 is 15.0 Å². The fourth-order valence-corrected chi connectivity index (χ4v) is 3.58. The van der Waals surface area contributed by atoms with Crippen LogP contribution in [0.1, 0.15) is 32.6 Å². The van der Waals surface area contributed by atoms with E-state index in [-0.39, 0.29) is 35.9 Å². The summed E-state index contributed by atoms with van der Waals surface area (Å²) in [5, 5.41) is 3.39. The molecule has 1 aliphatic carbocycles. The maximum Gasteiger partial charge on any atom is 0.193 e. The van der Waals surface area contributed by atoms with Crippen molar-refractivity contribution in [3.05, 3.63) is 30.1 Å². The highest BCUT2D eigenvalue weighted by Crippen LogP contribution is 2.47. The number of nitrogens with zero attached hydrogens (tertiary/aromatic N) is 2. The van der Waals surface area contributed by atoms with E-state index in [9.17, 15) is 4.39 Å². The number of aliphatic imine (C=N–C) groups is 1. The first kappa shape index (κ1) is 19.3. The molecule has 1 aromatic rings. The molecule has 1 atom stereocenters. The van der Waals surface area contributed by atoms with Gasteiger partial charge in [0.1, 0.15) is 17.7 Å². The lowest BCUT2D eigenvalue weighted by Gasteiger charge is -2.38. The number of ether oxygens (including phenoxy) is 1. The van der Waals surface area contributed by atoms with Crippen molar-refractivity contribution in [3.63, 3.8) is 0 Å². The minimum Gasteiger partial charge on any atom is -0.489 e. The normalized spacial score (nSPS) is 20.3. The molecule has 0 radical (unpaired) electrons. The second kappa shape index (κ2) is 8.36. The van der Waals surface area contributed by atoms with Crippen molar-refractivity contribution >= 4 is 29.9 Å². The number of benzene rings is 1. The van der Waals surface area contributed by atoms with Crippen LogP contribution in [0.3, 0.4) is 0 Å². The van der Waals surface area contributed by atoms with Gasteiger partial charge in [-0.25, -0.2) is 4.39 Å². The van der Waals surface area contributed by atoms with E-state index in [1.807, 2.05) is 14.0 Å². The summed E-state index contributed by atoms with van der Waals surface area (Å²) in [5.41, 5.74) is 0.557. The van der Waals surface area contributed by atoms with E-state index in [1.54, 1.807) is 12.1 Å². The first-order valence-electron chi connectivity index (χ1n) is 8.48. The Balaban J connectivity index is 0.00000208. The summed E-state index contributed by atoms with van der Waals surface area (Å²) >= 11 is 0. The summed E-state index contributed by atoms with van der Waals surface area (Å²) < 4.78 is 18.9. The van der Waals surface area contributed by atoms with Gasteiger partial charge in [0.05, 0.1) is 6.54 Å². The van der Waals surface area contributed by atoms with Crippen LogP contribution in [-0.4, -0.2) is 43.6 Å². The summed E-state index contributed by atoms with van der Waals surface area (Å²) in [7, 11) is 1.83. The van der Waals surface area contributed by atoms with Crippen LogP contribution in [-0.2, 0) is 0 Å². The average Bonchev–Trinajstić information content (AvgIpc) is 2.93. The SMILES string of the molecule is CN=C(NCC(C)Oc1cccc(F)c1)N1CCC2(CCC2)C1.I. The third-order valence-corrected chi connectivity index (χ3v) is 5.04. The van der Waals surface area contributed by atoms with Gasteiger partial charge in [-0.05, 0) is 43.7 Å². The lowest BCUT2D eigenvalue weighted by molar-refractivity contribution is 0.151. The van der Waals surface area contributed by atoms with E-state index in [4.69, 9.17) is 4.74 Å². The Morgan fingerprint density at radius 3 is 2.79 bits per heavy atom. The smallest absolute Gasteiger partial charge is 0.193 e. The topological polar surface area (TPSA) is 36.9 Å². The van der Waals surface area contributed by atoms with Crippen molar-refractivity contribution in [2.75, 3.05) is 26.7 Å². The molecular formula is C18H27FIN3O. The van der Waals surface area contributed by atoms with Gasteiger partial charge in [-0.1, -0.05) is 12.5 Å². The summed E-state index contributed by atoms with van der Waals surface area (Å²) in [6, 6.07) is 6.26. The van der Waals surface area contributed by atoms with Gasteiger partial charge >= 0.3 is 0 Å². The zero-order valence-corrected chi connectivity index (χ0v) is 16.8.